The Hall–Kier alpha value is -3.59. The molecule has 3 N–H and O–H groups in total. The third-order valence-electron chi connectivity index (χ3n) is 6.69. The smallest absolute Gasteiger partial charge is 0.233 e. The Balaban J connectivity index is 1.41. The van der Waals surface area contributed by atoms with E-state index in [0.717, 1.165) is 29.8 Å². The largest absolute Gasteiger partial charge is 0.385 e. The molecule has 3 aromatic rings. The van der Waals surface area contributed by atoms with Gasteiger partial charge in [-0.05, 0) is 60.6 Å². The number of ketones is 1. The quantitative estimate of drug-likeness (QED) is 0.226. The first kappa shape index (κ1) is 27.4. The number of Topliss-reactive ketones (excluding diaryl/α,β-unsaturated/α-hetero) is 1. The second kappa shape index (κ2) is 14.4. The zero-order valence-corrected chi connectivity index (χ0v) is 22.0. The second-order valence-electron chi connectivity index (χ2n) is 9.80. The SMILES string of the molecule is COCCCC(=O)Cc1ccc(Nc2nc(NCc3ccc(F)cc3)nc(NCC3CCCCC3)n2)cc1. The maximum Gasteiger partial charge on any atom is 0.233 e. The van der Waals surface area contributed by atoms with Crippen LogP contribution in [0.2, 0.25) is 0 Å². The van der Waals surface area contributed by atoms with Gasteiger partial charge in [-0.25, -0.2) is 4.39 Å². The van der Waals surface area contributed by atoms with E-state index in [4.69, 9.17) is 4.74 Å². The molecule has 0 aliphatic heterocycles. The Morgan fingerprint density at radius 3 is 2.26 bits per heavy atom. The molecule has 4 rings (SSSR count). The fourth-order valence-corrected chi connectivity index (χ4v) is 4.56. The van der Waals surface area contributed by atoms with Gasteiger partial charge in [-0.15, -0.1) is 0 Å². The maximum atomic E-state index is 13.3. The number of halogens is 1. The highest BCUT2D eigenvalue weighted by Gasteiger charge is 2.15. The Labute approximate surface area is 223 Å². The van der Waals surface area contributed by atoms with E-state index in [2.05, 4.69) is 30.9 Å². The highest BCUT2D eigenvalue weighted by Crippen LogP contribution is 2.24. The highest BCUT2D eigenvalue weighted by atomic mass is 19.1. The lowest BCUT2D eigenvalue weighted by Gasteiger charge is -2.21. The number of ether oxygens (including phenoxy) is 1. The molecule has 38 heavy (non-hydrogen) atoms. The molecule has 8 nitrogen and oxygen atoms in total. The summed E-state index contributed by atoms with van der Waals surface area (Å²) in [6.45, 7) is 1.88. The number of hydrogen-bond donors (Lipinski definition) is 3. The summed E-state index contributed by atoms with van der Waals surface area (Å²) in [4.78, 5) is 25.9. The van der Waals surface area contributed by atoms with Gasteiger partial charge in [0.1, 0.15) is 11.6 Å². The molecule has 1 aliphatic rings. The van der Waals surface area contributed by atoms with Crippen LogP contribution in [-0.4, -0.2) is 41.0 Å². The minimum absolute atomic E-state index is 0.200. The van der Waals surface area contributed by atoms with Crippen LogP contribution in [0.4, 0.5) is 27.9 Å². The molecule has 202 valence electrons. The van der Waals surface area contributed by atoms with Crippen LogP contribution < -0.4 is 16.0 Å². The standard InChI is InChI=1S/C29H37FN6O2/c1-38-17-5-8-26(37)18-21-11-15-25(16-12-21)33-29-35-27(31-19-22-6-3-2-4-7-22)34-28(36-29)32-20-23-9-13-24(30)14-10-23/h9-16,22H,2-8,17-20H2,1H3,(H3,31,32,33,34,35,36). The van der Waals surface area contributed by atoms with E-state index in [0.29, 0.717) is 49.8 Å². The average molecular weight is 521 g/mol. The summed E-state index contributed by atoms with van der Waals surface area (Å²) in [6.07, 6.45) is 7.97. The van der Waals surface area contributed by atoms with Crippen molar-refractivity contribution < 1.29 is 13.9 Å². The van der Waals surface area contributed by atoms with E-state index >= 15 is 0 Å². The number of anilines is 4. The van der Waals surface area contributed by atoms with Gasteiger partial charge in [0.05, 0.1) is 0 Å². The third kappa shape index (κ3) is 9.06. The summed E-state index contributed by atoms with van der Waals surface area (Å²) >= 11 is 0. The van der Waals surface area contributed by atoms with E-state index < -0.39 is 0 Å². The lowest BCUT2D eigenvalue weighted by atomic mass is 9.89. The van der Waals surface area contributed by atoms with E-state index in [-0.39, 0.29) is 11.6 Å². The number of nitrogens with one attached hydrogen (secondary N) is 3. The molecular weight excluding hydrogens is 483 g/mol. The summed E-state index contributed by atoms with van der Waals surface area (Å²) in [5.41, 5.74) is 2.70. The Morgan fingerprint density at radius 1 is 0.895 bits per heavy atom. The molecule has 0 unspecified atom stereocenters. The lowest BCUT2D eigenvalue weighted by molar-refractivity contribution is -0.118. The van der Waals surface area contributed by atoms with Crippen molar-refractivity contribution in [3.05, 3.63) is 65.5 Å². The van der Waals surface area contributed by atoms with Gasteiger partial charge >= 0.3 is 0 Å². The highest BCUT2D eigenvalue weighted by molar-refractivity contribution is 5.81. The van der Waals surface area contributed by atoms with Crippen molar-refractivity contribution in [1.29, 1.82) is 0 Å². The van der Waals surface area contributed by atoms with Crippen molar-refractivity contribution >= 4 is 29.3 Å². The molecule has 0 spiro atoms. The van der Waals surface area contributed by atoms with Crippen molar-refractivity contribution in [3.8, 4) is 0 Å². The predicted molar refractivity (Wildman–Crippen MR) is 148 cm³/mol. The summed E-state index contributed by atoms with van der Waals surface area (Å²) in [5.74, 6) is 1.90. The summed E-state index contributed by atoms with van der Waals surface area (Å²) in [7, 11) is 1.64. The summed E-state index contributed by atoms with van der Waals surface area (Å²) < 4.78 is 18.3. The van der Waals surface area contributed by atoms with Gasteiger partial charge in [-0.2, -0.15) is 15.0 Å². The number of aromatic nitrogens is 3. The van der Waals surface area contributed by atoms with E-state index in [1.54, 1.807) is 19.2 Å². The zero-order valence-electron chi connectivity index (χ0n) is 22.0. The molecule has 0 radical (unpaired) electrons. The van der Waals surface area contributed by atoms with Crippen molar-refractivity contribution in [2.75, 3.05) is 36.2 Å². The van der Waals surface area contributed by atoms with Crippen LogP contribution in [0.25, 0.3) is 0 Å². The maximum absolute atomic E-state index is 13.3. The minimum atomic E-state index is -0.268. The van der Waals surface area contributed by atoms with Crippen LogP contribution in [0.5, 0.6) is 0 Å². The first-order chi connectivity index (χ1) is 18.6. The molecule has 1 aromatic heterocycles. The molecular formula is C29H37FN6O2. The number of methoxy groups -OCH3 is 1. The zero-order chi connectivity index (χ0) is 26.6. The molecule has 1 aliphatic carbocycles. The first-order valence-electron chi connectivity index (χ1n) is 13.4. The number of rotatable bonds is 14. The summed E-state index contributed by atoms with van der Waals surface area (Å²) in [6, 6.07) is 14.0. The van der Waals surface area contributed by atoms with Crippen molar-refractivity contribution in [3.63, 3.8) is 0 Å². The third-order valence-corrected chi connectivity index (χ3v) is 6.69. The molecule has 0 amide bonds. The number of hydrogen-bond acceptors (Lipinski definition) is 8. The van der Waals surface area contributed by atoms with Gasteiger partial charge in [0.25, 0.3) is 0 Å². The normalized spacial score (nSPS) is 13.7. The van der Waals surface area contributed by atoms with Gasteiger partial charge in [-0.1, -0.05) is 43.5 Å². The average Bonchev–Trinajstić information content (AvgIpc) is 2.93. The van der Waals surface area contributed by atoms with Crippen LogP contribution in [0, 0.1) is 11.7 Å². The van der Waals surface area contributed by atoms with Gasteiger partial charge in [0.2, 0.25) is 17.8 Å². The predicted octanol–water partition coefficient (Wildman–Crippen LogP) is 5.90. The Kier molecular flexibility index (Phi) is 10.4. The molecule has 1 fully saturated rings. The van der Waals surface area contributed by atoms with Gasteiger partial charge in [-0.3, -0.25) is 4.79 Å². The second-order valence-corrected chi connectivity index (χ2v) is 9.80. The minimum Gasteiger partial charge on any atom is -0.385 e. The molecule has 1 saturated carbocycles. The fraction of sp³-hybridized carbons (Fsp3) is 0.448. The monoisotopic (exact) mass is 520 g/mol. The molecule has 0 saturated heterocycles. The first-order valence-corrected chi connectivity index (χ1v) is 13.4. The van der Waals surface area contributed by atoms with Crippen molar-refractivity contribution in [2.45, 2.75) is 57.9 Å². The number of nitrogens with zero attached hydrogens (tertiary/aromatic N) is 3. The number of benzene rings is 2. The van der Waals surface area contributed by atoms with Gasteiger partial charge < -0.3 is 20.7 Å². The summed E-state index contributed by atoms with van der Waals surface area (Å²) in [5, 5.41) is 9.88. The van der Waals surface area contributed by atoms with Crippen LogP contribution >= 0.6 is 0 Å². The van der Waals surface area contributed by atoms with Crippen molar-refractivity contribution in [1.82, 2.24) is 15.0 Å². The Bertz CT molecular complexity index is 1150. The van der Waals surface area contributed by atoms with Crippen LogP contribution in [0.15, 0.2) is 48.5 Å². The van der Waals surface area contributed by atoms with Gasteiger partial charge in [0, 0.05) is 45.3 Å². The van der Waals surface area contributed by atoms with Crippen LogP contribution in [0.1, 0.15) is 56.1 Å². The van der Waals surface area contributed by atoms with E-state index in [1.807, 2.05) is 24.3 Å². The molecule has 0 atom stereocenters. The van der Waals surface area contributed by atoms with E-state index in [9.17, 15) is 9.18 Å². The molecule has 2 aromatic carbocycles. The topological polar surface area (TPSA) is 101 Å². The van der Waals surface area contributed by atoms with Gasteiger partial charge in [0.15, 0.2) is 0 Å². The molecule has 1 heterocycles. The lowest BCUT2D eigenvalue weighted by Crippen LogP contribution is -2.19. The van der Waals surface area contributed by atoms with E-state index in [1.165, 1.54) is 44.2 Å². The van der Waals surface area contributed by atoms with Crippen LogP contribution in [-0.2, 0) is 22.5 Å². The molecule has 9 heteroatoms. The van der Waals surface area contributed by atoms with Crippen molar-refractivity contribution in [2.24, 2.45) is 5.92 Å². The number of carbonyl (C=O) groups is 1. The van der Waals surface area contributed by atoms with Crippen LogP contribution in [0.3, 0.4) is 0 Å². The fourth-order valence-electron chi connectivity index (χ4n) is 4.56. The Morgan fingerprint density at radius 2 is 1.55 bits per heavy atom. The molecule has 0 bridgehead atoms. The number of carbonyl (C=O) groups excluding carboxylic acids is 1.